The van der Waals surface area contributed by atoms with Gasteiger partial charge < -0.3 is 15.6 Å². The molecule has 0 fully saturated rings. The van der Waals surface area contributed by atoms with E-state index in [1.165, 1.54) is 0 Å². The van der Waals surface area contributed by atoms with E-state index in [4.69, 9.17) is 10.5 Å². The molecule has 1 amide bonds. The van der Waals surface area contributed by atoms with Crippen molar-refractivity contribution in [2.24, 2.45) is 5.73 Å². The molecule has 1 aromatic carbocycles. The average Bonchev–Trinajstić information content (AvgIpc) is 2.27. The molecule has 0 aliphatic carbocycles. The van der Waals surface area contributed by atoms with E-state index in [1.807, 2.05) is 0 Å². The van der Waals surface area contributed by atoms with Crippen LogP contribution in [-0.4, -0.2) is 18.1 Å². The summed E-state index contributed by atoms with van der Waals surface area (Å²) in [6.07, 6.45) is -1.06. The van der Waals surface area contributed by atoms with Crippen molar-refractivity contribution in [2.75, 3.05) is 7.11 Å². The molecule has 0 aromatic heterocycles. The zero-order chi connectivity index (χ0) is 11.4. The van der Waals surface area contributed by atoms with Gasteiger partial charge in [-0.05, 0) is 17.7 Å². The van der Waals surface area contributed by atoms with Crippen molar-refractivity contribution in [1.29, 1.82) is 0 Å². The van der Waals surface area contributed by atoms with Crippen LogP contribution in [0.2, 0.25) is 0 Å². The molecule has 80 valence electrons. The predicted octanol–water partition coefficient (Wildman–Crippen LogP) is 0.770. The van der Waals surface area contributed by atoms with Crippen molar-refractivity contribution in [3.05, 3.63) is 42.0 Å². The standard InChI is InChI=1S/C11H13NO3/c1-7(11(12)14)10(13)8-3-5-9(15-2)6-4-8/h3-6,10,13H,1H2,2H3,(H2,12,14). The van der Waals surface area contributed by atoms with Crippen LogP contribution in [0.1, 0.15) is 11.7 Å². The molecule has 0 aliphatic rings. The highest BCUT2D eigenvalue weighted by Crippen LogP contribution is 2.22. The third-order valence-corrected chi connectivity index (χ3v) is 2.08. The van der Waals surface area contributed by atoms with E-state index in [9.17, 15) is 9.90 Å². The van der Waals surface area contributed by atoms with Crippen molar-refractivity contribution in [3.8, 4) is 5.75 Å². The lowest BCUT2D eigenvalue weighted by atomic mass is 10.0. The number of hydrogen-bond acceptors (Lipinski definition) is 3. The van der Waals surface area contributed by atoms with Crippen LogP contribution in [0.25, 0.3) is 0 Å². The summed E-state index contributed by atoms with van der Waals surface area (Å²) in [5.41, 5.74) is 5.53. The van der Waals surface area contributed by atoms with Gasteiger partial charge in [-0.2, -0.15) is 0 Å². The Hall–Kier alpha value is -1.81. The van der Waals surface area contributed by atoms with Gasteiger partial charge in [-0.1, -0.05) is 18.7 Å². The molecule has 0 spiro atoms. The molecule has 0 radical (unpaired) electrons. The summed E-state index contributed by atoms with van der Waals surface area (Å²) >= 11 is 0. The van der Waals surface area contributed by atoms with Gasteiger partial charge in [0.05, 0.1) is 7.11 Å². The van der Waals surface area contributed by atoms with E-state index < -0.39 is 12.0 Å². The highest BCUT2D eigenvalue weighted by Gasteiger charge is 2.15. The van der Waals surface area contributed by atoms with Gasteiger partial charge in [0.15, 0.2) is 0 Å². The molecule has 0 saturated heterocycles. The summed E-state index contributed by atoms with van der Waals surface area (Å²) in [6.45, 7) is 3.42. The van der Waals surface area contributed by atoms with Crippen LogP contribution in [-0.2, 0) is 4.79 Å². The number of ether oxygens (including phenoxy) is 1. The molecule has 0 heterocycles. The molecular weight excluding hydrogens is 194 g/mol. The largest absolute Gasteiger partial charge is 0.497 e. The fraction of sp³-hybridized carbons (Fsp3) is 0.182. The maximum atomic E-state index is 10.8. The molecule has 3 N–H and O–H groups in total. The maximum Gasteiger partial charge on any atom is 0.247 e. The minimum absolute atomic E-state index is 0.0276. The monoisotopic (exact) mass is 207 g/mol. The van der Waals surface area contributed by atoms with Crippen LogP contribution in [0.15, 0.2) is 36.4 Å². The third-order valence-electron chi connectivity index (χ3n) is 2.08. The van der Waals surface area contributed by atoms with Gasteiger partial charge in [0.2, 0.25) is 5.91 Å². The van der Waals surface area contributed by atoms with Crippen molar-refractivity contribution >= 4 is 5.91 Å². The normalized spacial score (nSPS) is 11.9. The molecule has 0 bridgehead atoms. The lowest BCUT2D eigenvalue weighted by molar-refractivity contribution is -0.115. The third kappa shape index (κ3) is 2.57. The van der Waals surface area contributed by atoms with Crippen molar-refractivity contribution < 1.29 is 14.6 Å². The number of benzene rings is 1. The Morgan fingerprint density at radius 3 is 2.40 bits per heavy atom. The Labute approximate surface area is 88.0 Å². The molecule has 1 unspecified atom stereocenters. The van der Waals surface area contributed by atoms with Gasteiger partial charge in [-0.15, -0.1) is 0 Å². The van der Waals surface area contributed by atoms with E-state index >= 15 is 0 Å². The summed E-state index contributed by atoms with van der Waals surface area (Å²) < 4.78 is 4.96. The second-order valence-electron chi connectivity index (χ2n) is 3.07. The van der Waals surface area contributed by atoms with E-state index in [-0.39, 0.29) is 5.57 Å². The molecule has 1 aromatic rings. The van der Waals surface area contributed by atoms with Gasteiger partial charge in [-0.25, -0.2) is 0 Å². The fourth-order valence-electron chi connectivity index (χ4n) is 1.12. The molecule has 1 atom stereocenters. The summed E-state index contributed by atoms with van der Waals surface area (Å²) in [5.74, 6) is -0.0334. The first-order valence-electron chi connectivity index (χ1n) is 4.37. The number of aliphatic hydroxyl groups is 1. The molecular formula is C11H13NO3. The lowest BCUT2D eigenvalue weighted by Gasteiger charge is -2.11. The lowest BCUT2D eigenvalue weighted by Crippen LogP contribution is -2.18. The Kier molecular flexibility index (Phi) is 3.46. The quantitative estimate of drug-likeness (QED) is 0.716. The number of rotatable bonds is 4. The van der Waals surface area contributed by atoms with Crippen LogP contribution in [0.4, 0.5) is 0 Å². The van der Waals surface area contributed by atoms with E-state index in [2.05, 4.69) is 6.58 Å². The molecule has 0 aliphatic heterocycles. The van der Waals surface area contributed by atoms with E-state index in [1.54, 1.807) is 31.4 Å². The van der Waals surface area contributed by atoms with Gasteiger partial charge in [0.25, 0.3) is 0 Å². The molecule has 4 heteroatoms. The SMILES string of the molecule is C=C(C(N)=O)C(O)c1ccc(OC)cc1. The summed E-state index contributed by atoms with van der Waals surface area (Å²) in [6, 6.07) is 6.68. The van der Waals surface area contributed by atoms with Crippen molar-refractivity contribution in [3.63, 3.8) is 0 Å². The van der Waals surface area contributed by atoms with Crippen LogP contribution in [0.5, 0.6) is 5.75 Å². The first-order chi connectivity index (χ1) is 7.06. The zero-order valence-electron chi connectivity index (χ0n) is 8.43. The zero-order valence-corrected chi connectivity index (χ0v) is 8.43. The summed E-state index contributed by atoms with van der Waals surface area (Å²) in [5, 5.41) is 9.68. The topological polar surface area (TPSA) is 72.6 Å². The average molecular weight is 207 g/mol. The molecule has 1 rings (SSSR count). The number of aliphatic hydroxyl groups excluding tert-OH is 1. The number of primary amides is 1. The number of nitrogens with two attached hydrogens (primary N) is 1. The van der Waals surface area contributed by atoms with Crippen LogP contribution in [0, 0.1) is 0 Å². The Bertz CT molecular complexity index is 370. The predicted molar refractivity (Wildman–Crippen MR) is 56.3 cm³/mol. The summed E-state index contributed by atoms with van der Waals surface area (Å²) in [4.78, 5) is 10.8. The molecule has 0 saturated carbocycles. The second-order valence-corrected chi connectivity index (χ2v) is 3.07. The fourth-order valence-corrected chi connectivity index (χ4v) is 1.12. The van der Waals surface area contributed by atoms with Crippen LogP contribution < -0.4 is 10.5 Å². The number of carbonyl (C=O) groups is 1. The maximum absolute atomic E-state index is 10.8. The molecule has 4 nitrogen and oxygen atoms in total. The van der Waals surface area contributed by atoms with Gasteiger partial charge >= 0.3 is 0 Å². The van der Waals surface area contributed by atoms with Gasteiger partial charge in [-0.3, -0.25) is 4.79 Å². The minimum Gasteiger partial charge on any atom is -0.497 e. The first kappa shape index (κ1) is 11.3. The van der Waals surface area contributed by atoms with E-state index in [0.29, 0.717) is 11.3 Å². The Morgan fingerprint density at radius 1 is 1.47 bits per heavy atom. The number of hydrogen-bond donors (Lipinski definition) is 2. The Morgan fingerprint density at radius 2 is 2.00 bits per heavy atom. The minimum atomic E-state index is -1.06. The number of amides is 1. The van der Waals surface area contributed by atoms with Gasteiger partial charge in [0, 0.05) is 5.57 Å². The molecule has 15 heavy (non-hydrogen) atoms. The second kappa shape index (κ2) is 4.61. The first-order valence-corrected chi connectivity index (χ1v) is 4.37. The highest BCUT2D eigenvalue weighted by atomic mass is 16.5. The Balaban J connectivity index is 2.87. The smallest absolute Gasteiger partial charge is 0.247 e. The number of methoxy groups -OCH3 is 1. The van der Waals surface area contributed by atoms with Crippen LogP contribution in [0.3, 0.4) is 0 Å². The summed E-state index contributed by atoms with van der Waals surface area (Å²) in [7, 11) is 1.55. The highest BCUT2D eigenvalue weighted by molar-refractivity contribution is 5.92. The van der Waals surface area contributed by atoms with Crippen molar-refractivity contribution in [2.45, 2.75) is 6.10 Å². The van der Waals surface area contributed by atoms with Crippen LogP contribution >= 0.6 is 0 Å². The number of carbonyl (C=O) groups excluding carboxylic acids is 1. The van der Waals surface area contributed by atoms with E-state index in [0.717, 1.165) is 0 Å². The van der Waals surface area contributed by atoms with Gasteiger partial charge in [0.1, 0.15) is 11.9 Å². The van der Waals surface area contributed by atoms with Crippen molar-refractivity contribution in [1.82, 2.24) is 0 Å².